The number of hydrogen-bond acceptors (Lipinski definition) is 2. The van der Waals surface area contributed by atoms with E-state index in [0.717, 1.165) is 19.5 Å². The SMILES string of the molecule is CCNC/C(=C/c1ccc(C(C)(C)C)s1)CC. The smallest absolute Gasteiger partial charge is 0.0273 e. The lowest BCUT2D eigenvalue weighted by atomic mass is 9.95. The normalized spacial score (nSPS) is 13.1. The minimum atomic E-state index is 0.269. The third-order valence-corrected chi connectivity index (χ3v) is 4.23. The molecule has 1 aromatic rings. The highest BCUT2D eigenvalue weighted by Crippen LogP contribution is 2.30. The molecule has 0 radical (unpaired) electrons. The van der Waals surface area contributed by atoms with Gasteiger partial charge >= 0.3 is 0 Å². The predicted octanol–water partition coefficient (Wildman–Crippen LogP) is 4.45. The van der Waals surface area contributed by atoms with Crippen molar-refractivity contribution < 1.29 is 0 Å². The summed E-state index contributed by atoms with van der Waals surface area (Å²) in [6, 6.07) is 4.50. The summed E-state index contributed by atoms with van der Waals surface area (Å²) in [5.74, 6) is 0. The lowest BCUT2D eigenvalue weighted by molar-refractivity contribution is 0.604. The van der Waals surface area contributed by atoms with Crippen LogP contribution in [0.2, 0.25) is 0 Å². The molecule has 1 N–H and O–H groups in total. The zero-order valence-corrected chi connectivity index (χ0v) is 12.6. The van der Waals surface area contributed by atoms with E-state index in [4.69, 9.17) is 0 Å². The van der Waals surface area contributed by atoms with Crippen molar-refractivity contribution >= 4 is 17.4 Å². The average molecular weight is 251 g/mol. The summed E-state index contributed by atoms with van der Waals surface area (Å²) in [6.45, 7) is 13.2. The molecular weight excluding hydrogens is 226 g/mol. The zero-order valence-electron chi connectivity index (χ0n) is 11.8. The molecule has 0 aromatic carbocycles. The fraction of sp³-hybridized carbons (Fsp3) is 0.600. The Labute approximate surface area is 110 Å². The third-order valence-electron chi connectivity index (χ3n) is 2.77. The van der Waals surface area contributed by atoms with Gasteiger partial charge in [-0.05, 0) is 36.6 Å². The number of likely N-dealkylation sites (N-methyl/N-ethyl adjacent to an activating group) is 1. The van der Waals surface area contributed by atoms with Crippen LogP contribution in [0.5, 0.6) is 0 Å². The summed E-state index contributed by atoms with van der Waals surface area (Å²) in [7, 11) is 0. The lowest BCUT2D eigenvalue weighted by Gasteiger charge is -2.15. The monoisotopic (exact) mass is 251 g/mol. The fourth-order valence-electron chi connectivity index (χ4n) is 1.60. The molecule has 0 aliphatic rings. The quantitative estimate of drug-likeness (QED) is 0.815. The van der Waals surface area contributed by atoms with Crippen molar-refractivity contribution in [3.63, 3.8) is 0 Å². The van der Waals surface area contributed by atoms with Gasteiger partial charge in [-0.25, -0.2) is 0 Å². The standard InChI is InChI=1S/C15H25NS/c1-6-12(11-16-7-2)10-13-8-9-14(17-13)15(3,4)5/h8-10,16H,6-7,11H2,1-5H3/b12-10+. The molecule has 0 bridgehead atoms. The van der Waals surface area contributed by atoms with Crippen LogP contribution in [-0.2, 0) is 5.41 Å². The van der Waals surface area contributed by atoms with E-state index in [2.05, 4.69) is 58.1 Å². The molecule has 0 amide bonds. The molecule has 0 unspecified atom stereocenters. The summed E-state index contributed by atoms with van der Waals surface area (Å²) in [5, 5.41) is 3.39. The van der Waals surface area contributed by atoms with Crippen molar-refractivity contribution in [2.75, 3.05) is 13.1 Å². The highest BCUT2D eigenvalue weighted by atomic mass is 32.1. The van der Waals surface area contributed by atoms with Crippen molar-refractivity contribution in [2.24, 2.45) is 0 Å². The summed E-state index contributed by atoms with van der Waals surface area (Å²) in [5.41, 5.74) is 1.75. The van der Waals surface area contributed by atoms with Crippen LogP contribution >= 0.6 is 11.3 Å². The Morgan fingerprint density at radius 1 is 1.29 bits per heavy atom. The van der Waals surface area contributed by atoms with E-state index in [9.17, 15) is 0 Å². The summed E-state index contributed by atoms with van der Waals surface area (Å²) in [4.78, 5) is 2.84. The van der Waals surface area contributed by atoms with E-state index in [1.54, 1.807) is 0 Å². The highest BCUT2D eigenvalue weighted by Gasteiger charge is 2.15. The van der Waals surface area contributed by atoms with Gasteiger partial charge in [0.1, 0.15) is 0 Å². The summed E-state index contributed by atoms with van der Waals surface area (Å²) < 4.78 is 0. The molecule has 0 aliphatic heterocycles. The summed E-state index contributed by atoms with van der Waals surface area (Å²) >= 11 is 1.91. The van der Waals surface area contributed by atoms with Gasteiger partial charge in [0, 0.05) is 16.3 Å². The second-order valence-corrected chi connectivity index (χ2v) is 6.50. The second-order valence-electron chi connectivity index (χ2n) is 5.39. The molecule has 1 nitrogen and oxygen atoms in total. The van der Waals surface area contributed by atoms with Crippen molar-refractivity contribution in [2.45, 2.75) is 46.5 Å². The molecule has 1 rings (SSSR count). The summed E-state index contributed by atoms with van der Waals surface area (Å²) in [6.07, 6.45) is 3.46. The molecule has 0 fully saturated rings. The number of hydrogen-bond donors (Lipinski definition) is 1. The predicted molar refractivity (Wildman–Crippen MR) is 79.8 cm³/mol. The fourth-order valence-corrected chi connectivity index (χ4v) is 2.66. The van der Waals surface area contributed by atoms with E-state index in [1.165, 1.54) is 15.3 Å². The van der Waals surface area contributed by atoms with E-state index < -0.39 is 0 Å². The Balaban J connectivity index is 2.79. The second kappa shape index (κ2) is 6.36. The Bertz CT molecular complexity index is 369. The number of nitrogens with one attached hydrogen (secondary N) is 1. The first kappa shape index (κ1) is 14.5. The van der Waals surface area contributed by atoms with Crippen LogP contribution in [0.3, 0.4) is 0 Å². The Morgan fingerprint density at radius 3 is 2.47 bits per heavy atom. The third kappa shape index (κ3) is 4.64. The number of thiophene rings is 1. The van der Waals surface area contributed by atoms with Gasteiger partial charge in [0.25, 0.3) is 0 Å². The highest BCUT2D eigenvalue weighted by molar-refractivity contribution is 7.13. The molecule has 1 aromatic heterocycles. The van der Waals surface area contributed by atoms with Gasteiger partial charge in [0.2, 0.25) is 0 Å². The van der Waals surface area contributed by atoms with Crippen LogP contribution in [0.1, 0.15) is 50.8 Å². The van der Waals surface area contributed by atoms with Crippen LogP contribution in [0, 0.1) is 0 Å². The molecule has 96 valence electrons. The van der Waals surface area contributed by atoms with Gasteiger partial charge in [-0.3, -0.25) is 0 Å². The molecule has 2 heteroatoms. The molecular formula is C15H25NS. The van der Waals surface area contributed by atoms with Crippen molar-refractivity contribution in [3.05, 3.63) is 27.5 Å². The van der Waals surface area contributed by atoms with E-state index in [-0.39, 0.29) is 5.41 Å². The van der Waals surface area contributed by atoms with Crippen LogP contribution in [0.15, 0.2) is 17.7 Å². The minimum absolute atomic E-state index is 0.269. The molecule has 0 aliphatic carbocycles. The minimum Gasteiger partial charge on any atom is -0.313 e. The molecule has 17 heavy (non-hydrogen) atoms. The maximum absolute atomic E-state index is 3.39. The van der Waals surface area contributed by atoms with E-state index >= 15 is 0 Å². The lowest BCUT2D eigenvalue weighted by Crippen LogP contribution is -2.15. The van der Waals surface area contributed by atoms with Crippen molar-refractivity contribution in [1.29, 1.82) is 0 Å². The first-order valence-corrected chi connectivity index (χ1v) is 7.29. The van der Waals surface area contributed by atoms with Gasteiger partial charge in [0.05, 0.1) is 0 Å². The van der Waals surface area contributed by atoms with Crippen molar-refractivity contribution in [3.8, 4) is 0 Å². The van der Waals surface area contributed by atoms with Crippen LogP contribution < -0.4 is 5.32 Å². The first-order valence-electron chi connectivity index (χ1n) is 6.47. The molecule has 1 heterocycles. The van der Waals surface area contributed by atoms with Gasteiger partial charge in [-0.2, -0.15) is 0 Å². The molecule has 0 saturated carbocycles. The van der Waals surface area contributed by atoms with Gasteiger partial charge in [-0.1, -0.05) is 40.2 Å². The Kier molecular flexibility index (Phi) is 5.41. The number of rotatable bonds is 5. The van der Waals surface area contributed by atoms with Crippen LogP contribution in [-0.4, -0.2) is 13.1 Å². The topological polar surface area (TPSA) is 12.0 Å². The van der Waals surface area contributed by atoms with Crippen molar-refractivity contribution in [1.82, 2.24) is 5.32 Å². The Hall–Kier alpha value is -0.600. The molecule has 0 spiro atoms. The largest absolute Gasteiger partial charge is 0.313 e. The molecule has 0 saturated heterocycles. The van der Waals surface area contributed by atoms with E-state index in [1.807, 2.05) is 11.3 Å². The average Bonchev–Trinajstić information content (AvgIpc) is 2.72. The van der Waals surface area contributed by atoms with Crippen LogP contribution in [0.4, 0.5) is 0 Å². The van der Waals surface area contributed by atoms with Gasteiger partial charge in [-0.15, -0.1) is 11.3 Å². The molecule has 0 atom stereocenters. The maximum atomic E-state index is 3.39. The van der Waals surface area contributed by atoms with E-state index in [0.29, 0.717) is 0 Å². The van der Waals surface area contributed by atoms with Gasteiger partial charge in [0.15, 0.2) is 0 Å². The first-order chi connectivity index (χ1) is 7.97. The van der Waals surface area contributed by atoms with Crippen LogP contribution in [0.25, 0.3) is 6.08 Å². The zero-order chi connectivity index (χ0) is 12.9. The van der Waals surface area contributed by atoms with Gasteiger partial charge < -0.3 is 5.32 Å². The Morgan fingerprint density at radius 2 is 2.00 bits per heavy atom. The maximum Gasteiger partial charge on any atom is 0.0273 e.